The van der Waals surface area contributed by atoms with Crippen LogP contribution in [-0.2, 0) is 20.3 Å². The fourth-order valence-electron chi connectivity index (χ4n) is 4.21. The molecule has 1 N–H and O–H groups in total. The molecular formula is C23H29FN5S+. The average Bonchev–Trinajstić information content (AvgIpc) is 3.03. The summed E-state index contributed by atoms with van der Waals surface area (Å²) in [6.07, 6.45) is 3.85. The maximum atomic E-state index is 14.3. The predicted molar refractivity (Wildman–Crippen MR) is 121 cm³/mol. The van der Waals surface area contributed by atoms with Crippen LogP contribution in [0.1, 0.15) is 24.8 Å². The standard InChI is InChI=1S/C23H28FN5S/c1-26(16-18-10-4-7-13-21(18)28-14-8-3-9-15-28)17-29-23(30)27(2)22(25-29)19-11-5-6-12-20(19)24/h4-7,10-13H,3,8-9,14-17H2,1-2H3/p+1. The molecule has 2 aromatic carbocycles. The van der Waals surface area contributed by atoms with Gasteiger partial charge in [-0.1, -0.05) is 30.3 Å². The summed E-state index contributed by atoms with van der Waals surface area (Å²) in [4.78, 5) is 3.78. The lowest BCUT2D eigenvalue weighted by atomic mass is 10.1. The normalized spacial score (nSPS) is 15.4. The highest BCUT2D eigenvalue weighted by molar-refractivity contribution is 7.71. The Morgan fingerprint density at radius 2 is 1.73 bits per heavy atom. The van der Waals surface area contributed by atoms with Crippen molar-refractivity contribution in [3.8, 4) is 11.4 Å². The predicted octanol–water partition coefficient (Wildman–Crippen LogP) is 3.42. The number of halogens is 1. The quantitative estimate of drug-likeness (QED) is 0.613. The largest absolute Gasteiger partial charge is 0.371 e. The number of hydrogen-bond donors (Lipinski definition) is 1. The van der Waals surface area contributed by atoms with Gasteiger partial charge in [-0.25, -0.2) is 4.39 Å². The van der Waals surface area contributed by atoms with Crippen molar-refractivity contribution in [1.82, 2.24) is 14.3 Å². The average molecular weight is 427 g/mol. The van der Waals surface area contributed by atoms with E-state index in [1.807, 2.05) is 13.1 Å². The molecule has 1 atom stereocenters. The van der Waals surface area contributed by atoms with Gasteiger partial charge in [-0.05, 0) is 49.7 Å². The molecule has 0 spiro atoms. The first-order valence-corrected chi connectivity index (χ1v) is 11.0. The molecule has 1 saturated heterocycles. The van der Waals surface area contributed by atoms with Gasteiger partial charge in [0.1, 0.15) is 12.4 Å². The molecule has 1 fully saturated rings. The van der Waals surface area contributed by atoms with E-state index >= 15 is 0 Å². The summed E-state index contributed by atoms with van der Waals surface area (Å²) in [7, 11) is 3.99. The maximum Gasteiger partial charge on any atom is 0.202 e. The van der Waals surface area contributed by atoms with Crippen molar-refractivity contribution in [2.24, 2.45) is 7.05 Å². The van der Waals surface area contributed by atoms with Crippen LogP contribution in [0.3, 0.4) is 0 Å². The van der Waals surface area contributed by atoms with Crippen LogP contribution in [0.4, 0.5) is 10.1 Å². The number of nitrogens with one attached hydrogen (secondary N) is 1. The van der Waals surface area contributed by atoms with Gasteiger partial charge in [0.25, 0.3) is 0 Å². The van der Waals surface area contributed by atoms with E-state index < -0.39 is 0 Å². The van der Waals surface area contributed by atoms with Crippen LogP contribution in [0.2, 0.25) is 0 Å². The van der Waals surface area contributed by atoms with Crippen LogP contribution < -0.4 is 9.80 Å². The zero-order valence-corrected chi connectivity index (χ0v) is 18.5. The zero-order valence-electron chi connectivity index (χ0n) is 17.6. The third-order valence-electron chi connectivity index (χ3n) is 5.76. The SMILES string of the molecule is Cn1c(-c2ccccc2F)nn(C[NH+](C)Cc2ccccc2N2CCCCC2)c1=S. The lowest BCUT2D eigenvalue weighted by Gasteiger charge is -2.31. The molecule has 0 radical (unpaired) electrons. The van der Waals surface area contributed by atoms with Gasteiger partial charge in [-0.15, -0.1) is 5.10 Å². The molecule has 0 aliphatic carbocycles. The first-order chi connectivity index (χ1) is 14.5. The van der Waals surface area contributed by atoms with E-state index in [-0.39, 0.29) is 5.82 Å². The minimum atomic E-state index is -0.288. The van der Waals surface area contributed by atoms with Crippen LogP contribution in [0.15, 0.2) is 48.5 Å². The smallest absolute Gasteiger partial charge is 0.202 e. The fraction of sp³-hybridized carbons (Fsp3) is 0.391. The summed E-state index contributed by atoms with van der Waals surface area (Å²) < 4.78 is 18.4. The highest BCUT2D eigenvalue weighted by Gasteiger charge is 2.18. The van der Waals surface area contributed by atoms with E-state index in [1.54, 1.807) is 21.4 Å². The number of benzene rings is 2. The minimum absolute atomic E-state index is 0.288. The molecule has 1 unspecified atom stereocenters. The monoisotopic (exact) mass is 426 g/mol. The van der Waals surface area contributed by atoms with Gasteiger partial charge in [-0.2, -0.15) is 4.68 Å². The highest BCUT2D eigenvalue weighted by Crippen LogP contribution is 2.24. The van der Waals surface area contributed by atoms with Crippen molar-refractivity contribution in [3.63, 3.8) is 0 Å². The number of aromatic nitrogens is 3. The highest BCUT2D eigenvalue weighted by atomic mass is 32.1. The van der Waals surface area contributed by atoms with E-state index in [0.29, 0.717) is 22.8 Å². The second kappa shape index (κ2) is 9.10. The van der Waals surface area contributed by atoms with E-state index in [1.165, 1.54) is 41.5 Å². The van der Waals surface area contributed by atoms with Crippen LogP contribution >= 0.6 is 12.2 Å². The van der Waals surface area contributed by atoms with Gasteiger partial charge in [-0.3, -0.25) is 0 Å². The molecule has 1 aliphatic rings. The summed E-state index contributed by atoms with van der Waals surface area (Å²) in [5, 5.41) is 4.64. The summed E-state index contributed by atoms with van der Waals surface area (Å²) in [5.41, 5.74) is 3.15. The van der Waals surface area contributed by atoms with Gasteiger partial charge in [0.2, 0.25) is 4.77 Å². The third kappa shape index (κ3) is 4.32. The van der Waals surface area contributed by atoms with Crippen LogP contribution in [-0.4, -0.2) is 34.5 Å². The van der Waals surface area contributed by atoms with Crippen LogP contribution in [0.25, 0.3) is 11.4 Å². The van der Waals surface area contributed by atoms with Crippen molar-refractivity contribution in [1.29, 1.82) is 0 Å². The maximum absolute atomic E-state index is 14.3. The Balaban J connectivity index is 1.53. The number of quaternary nitrogens is 1. The molecule has 30 heavy (non-hydrogen) atoms. The zero-order chi connectivity index (χ0) is 21.1. The minimum Gasteiger partial charge on any atom is -0.371 e. The summed E-state index contributed by atoms with van der Waals surface area (Å²) in [5.74, 6) is 0.267. The van der Waals surface area contributed by atoms with Gasteiger partial charge in [0.05, 0.1) is 12.6 Å². The van der Waals surface area contributed by atoms with Crippen LogP contribution in [0.5, 0.6) is 0 Å². The van der Waals surface area contributed by atoms with Crippen molar-refractivity contribution < 1.29 is 9.29 Å². The van der Waals surface area contributed by atoms with E-state index in [0.717, 1.165) is 19.6 Å². The lowest BCUT2D eigenvalue weighted by molar-refractivity contribution is -0.917. The summed E-state index contributed by atoms with van der Waals surface area (Å²) in [6, 6.07) is 15.4. The Morgan fingerprint density at radius 3 is 2.50 bits per heavy atom. The van der Waals surface area contributed by atoms with Gasteiger partial charge < -0.3 is 14.4 Å². The molecule has 1 aliphatic heterocycles. The second-order valence-electron chi connectivity index (χ2n) is 8.11. The van der Waals surface area contributed by atoms with Crippen molar-refractivity contribution in [3.05, 3.63) is 64.7 Å². The second-order valence-corrected chi connectivity index (χ2v) is 8.48. The number of piperidine rings is 1. The number of anilines is 1. The number of nitrogens with zero attached hydrogens (tertiary/aromatic N) is 4. The molecule has 0 saturated carbocycles. The molecule has 2 heterocycles. The molecule has 5 nitrogen and oxygen atoms in total. The topological polar surface area (TPSA) is 30.4 Å². The third-order valence-corrected chi connectivity index (χ3v) is 6.24. The molecule has 158 valence electrons. The lowest BCUT2D eigenvalue weighted by Crippen LogP contribution is -3.07. The summed E-state index contributed by atoms with van der Waals surface area (Å²) in [6.45, 7) is 3.76. The van der Waals surface area contributed by atoms with Gasteiger partial charge in [0, 0.05) is 31.4 Å². The molecule has 3 aromatic rings. The Kier molecular flexibility index (Phi) is 6.29. The Labute approximate surface area is 182 Å². The molecule has 4 rings (SSSR count). The first kappa shape index (κ1) is 20.8. The Hall–Kier alpha value is -2.51. The van der Waals surface area contributed by atoms with E-state index in [2.05, 4.69) is 41.3 Å². The Morgan fingerprint density at radius 1 is 1.03 bits per heavy atom. The van der Waals surface area contributed by atoms with E-state index in [9.17, 15) is 4.39 Å². The summed E-state index contributed by atoms with van der Waals surface area (Å²) >= 11 is 5.59. The Bertz CT molecular complexity index is 1070. The van der Waals surface area contributed by atoms with E-state index in [4.69, 9.17) is 12.2 Å². The van der Waals surface area contributed by atoms with Crippen molar-refractivity contribution in [2.75, 3.05) is 25.0 Å². The molecule has 1 aromatic heterocycles. The van der Waals surface area contributed by atoms with Gasteiger partial charge >= 0.3 is 0 Å². The number of para-hydroxylation sites is 1. The molecule has 7 heteroatoms. The van der Waals surface area contributed by atoms with Crippen molar-refractivity contribution >= 4 is 17.9 Å². The molecular weight excluding hydrogens is 397 g/mol. The number of rotatable bonds is 6. The van der Waals surface area contributed by atoms with Crippen LogP contribution in [0, 0.1) is 10.6 Å². The van der Waals surface area contributed by atoms with Crippen molar-refractivity contribution in [2.45, 2.75) is 32.5 Å². The fourth-order valence-corrected chi connectivity index (χ4v) is 4.40. The van der Waals surface area contributed by atoms with Gasteiger partial charge in [0.15, 0.2) is 12.5 Å². The first-order valence-electron chi connectivity index (χ1n) is 10.6. The number of hydrogen-bond acceptors (Lipinski definition) is 3. The molecule has 0 amide bonds. The molecule has 0 bridgehead atoms.